The standard InChI is InChI=1S/C24H26ClN3O4.ClH/c25-18-9-11-19(12-10-18)27-23(30)21-15-17-7-4-8-20(22(17)32-21)28(26-13-14-29)24(31)16-5-2-1-3-6-16;/h4,7-12,15-16,26,29H,1-3,5-6,13-14H2,(H,27,30);1H. The maximum Gasteiger partial charge on any atom is 0.291 e. The monoisotopic (exact) mass is 491 g/mol. The van der Waals surface area contributed by atoms with Crippen molar-refractivity contribution < 1.29 is 19.1 Å². The van der Waals surface area contributed by atoms with Crippen LogP contribution in [0.15, 0.2) is 52.9 Å². The van der Waals surface area contributed by atoms with E-state index in [0.29, 0.717) is 27.4 Å². The molecule has 1 heterocycles. The minimum absolute atomic E-state index is 0. The van der Waals surface area contributed by atoms with Crippen molar-refractivity contribution >= 4 is 58.2 Å². The minimum atomic E-state index is -0.400. The quantitative estimate of drug-likeness (QED) is 0.396. The third-order valence-corrected chi connectivity index (χ3v) is 5.90. The summed E-state index contributed by atoms with van der Waals surface area (Å²) in [5, 5.41) is 14.9. The Balaban J connectivity index is 0.00000306. The number of hydrogen-bond donors (Lipinski definition) is 3. The summed E-state index contributed by atoms with van der Waals surface area (Å²) < 4.78 is 5.92. The fourth-order valence-corrected chi connectivity index (χ4v) is 4.16. The van der Waals surface area contributed by atoms with E-state index in [1.807, 2.05) is 12.1 Å². The Morgan fingerprint density at radius 3 is 2.52 bits per heavy atom. The molecule has 0 radical (unpaired) electrons. The van der Waals surface area contributed by atoms with Gasteiger partial charge in [-0.05, 0) is 49.2 Å². The van der Waals surface area contributed by atoms with E-state index in [0.717, 1.165) is 32.1 Å². The van der Waals surface area contributed by atoms with Gasteiger partial charge in [0.15, 0.2) is 11.3 Å². The van der Waals surface area contributed by atoms with E-state index in [2.05, 4.69) is 10.7 Å². The van der Waals surface area contributed by atoms with Gasteiger partial charge in [0.2, 0.25) is 5.91 Å². The lowest BCUT2D eigenvalue weighted by Crippen LogP contribution is -2.47. The molecule has 1 aromatic heterocycles. The first-order chi connectivity index (χ1) is 15.6. The van der Waals surface area contributed by atoms with Crippen LogP contribution in [0.4, 0.5) is 11.4 Å². The molecular formula is C24H27Cl2N3O4. The molecule has 1 aliphatic rings. The van der Waals surface area contributed by atoms with Crippen molar-refractivity contribution in [3.05, 3.63) is 59.3 Å². The number of hydrazine groups is 1. The first kappa shape index (κ1) is 25.1. The van der Waals surface area contributed by atoms with Crippen molar-refractivity contribution in [1.29, 1.82) is 0 Å². The zero-order chi connectivity index (χ0) is 22.5. The van der Waals surface area contributed by atoms with Gasteiger partial charge in [-0.15, -0.1) is 12.4 Å². The van der Waals surface area contributed by atoms with Crippen molar-refractivity contribution in [3.8, 4) is 0 Å². The van der Waals surface area contributed by atoms with Gasteiger partial charge in [-0.3, -0.25) is 9.59 Å². The third-order valence-electron chi connectivity index (χ3n) is 5.65. The van der Waals surface area contributed by atoms with E-state index in [1.54, 1.807) is 36.4 Å². The van der Waals surface area contributed by atoms with Crippen LogP contribution in [0.5, 0.6) is 0 Å². The van der Waals surface area contributed by atoms with Gasteiger partial charge in [0.1, 0.15) is 5.69 Å². The predicted molar refractivity (Wildman–Crippen MR) is 132 cm³/mol. The lowest BCUT2D eigenvalue weighted by molar-refractivity contribution is -0.124. The van der Waals surface area contributed by atoms with Gasteiger partial charge in [-0.1, -0.05) is 43.0 Å². The van der Waals surface area contributed by atoms with Crippen molar-refractivity contribution in [1.82, 2.24) is 5.43 Å². The molecule has 33 heavy (non-hydrogen) atoms. The summed E-state index contributed by atoms with van der Waals surface area (Å²) in [6, 6.07) is 13.9. The number of nitrogens with zero attached hydrogens (tertiary/aromatic N) is 1. The second-order valence-electron chi connectivity index (χ2n) is 7.91. The van der Waals surface area contributed by atoms with Gasteiger partial charge in [0, 0.05) is 28.6 Å². The fraction of sp³-hybridized carbons (Fsp3) is 0.333. The molecule has 0 saturated heterocycles. The summed E-state index contributed by atoms with van der Waals surface area (Å²) in [5.41, 5.74) is 4.57. The van der Waals surface area contributed by atoms with Gasteiger partial charge in [-0.25, -0.2) is 10.4 Å². The molecule has 3 N–H and O–H groups in total. The van der Waals surface area contributed by atoms with Crippen molar-refractivity contribution in [2.75, 3.05) is 23.5 Å². The van der Waals surface area contributed by atoms with Crippen LogP contribution in [0, 0.1) is 5.92 Å². The number of amides is 2. The Labute approximate surface area is 203 Å². The summed E-state index contributed by atoms with van der Waals surface area (Å²) in [5.74, 6) is -0.389. The highest BCUT2D eigenvalue weighted by atomic mass is 35.5. The molecule has 176 valence electrons. The largest absolute Gasteiger partial charge is 0.449 e. The predicted octanol–water partition coefficient (Wildman–Crippen LogP) is 5.17. The number of aliphatic hydroxyl groups excluding tert-OH is 1. The number of aliphatic hydroxyl groups is 1. The number of halogens is 2. The number of para-hydroxylation sites is 1. The van der Waals surface area contributed by atoms with Crippen LogP contribution in [0.1, 0.15) is 42.7 Å². The van der Waals surface area contributed by atoms with Crippen LogP contribution in [0.25, 0.3) is 11.0 Å². The highest BCUT2D eigenvalue weighted by molar-refractivity contribution is 6.30. The van der Waals surface area contributed by atoms with Crippen LogP contribution in [0.3, 0.4) is 0 Å². The molecule has 7 nitrogen and oxygen atoms in total. The van der Waals surface area contributed by atoms with Crippen LogP contribution in [-0.4, -0.2) is 30.1 Å². The Bertz CT molecular complexity index is 1090. The minimum Gasteiger partial charge on any atom is -0.449 e. The Morgan fingerprint density at radius 1 is 1.09 bits per heavy atom. The molecule has 4 rings (SSSR count). The first-order valence-corrected chi connectivity index (χ1v) is 11.2. The first-order valence-electron chi connectivity index (χ1n) is 10.8. The molecule has 0 unspecified atom stereocenters. The number of rotatable bonds is 7. The van der Waals surface area contributed by atoms with E-state index in [-0.39, 0.29) is 43.1 Å². The lowest BCUT2D eigenvalue weighted by atomic mass is 9.88. The molecule has 0 spiro atoms. The molecule has 1 saturated carbocycles. The zero-order valence-electron chi connectivity index (χ0n) is 18.1. The van der Waals surface area contributed by atoms with Crippen molar-refractivity contribution in [3.63, 3.8) is 0 Å². The highest BCUT2D eigenvalue weighted by Gasteiger charge is 2.29. The van der Waals surface area contributed by atoms with Crippen LogP contribution < -0.4 is 15.8 Å². The summed E-state index contributed by atoms with van der Waals surface area (Å²) >= 11 is 5.90. The Kier molecular flexibility index (Phi) is 8.74. The van der Waals surface area contributed by atoms with E-state index in [1.165, 1.54) is 5.01 Å². The van der Waals surface area contributed by atoms with Gasteiger partial charge < -0.3 is 14.8 Å². The summed E-state index contributed by atoms with van der Waals surface area (Å²) in [6.07, 6.45) is 4.90. The second kappa shape index (κ2) is 11.5. The number of carbonyl (C=O) groups excluding carboxylic acids is 2. The molecule has 9 heteroatoms. The molecule has 1 fully saturated rings. The van der Waals surface area contributed by atoms with E-state index in [4.69, 9.17) is 16.0 Å². The maximum atomic E-state index is 13.3. The number of benzene rings is 2. The summed E-state index contributed by atoms with van der Waals surface area (Å²) in [4.78, 5) is 26.0. The van der Waals surface area contributed by atoms with Gasteiger partial charge in [0.25, 0.3) is 5.91 Å². The number of nitrogens with one attached hydrogen (secondary N) is 2. The van der Waals surface area contributed by atoms with E-state index in [9.17, 15) is 14.7 Å². The Morgan fingerprint density at radius 2 is 1.82 bits per heavy atom. The molecule has 1 aliphatic carbocycles. The van der Waals surface area contributed by atoms with Gasteiger partial charge in [0.05, 0.1) is 6.61 Å². The number of carbonyl (C=O) groups is 2. The molecule has 2 aromatic carbocycles. The molecular weight excluding hydrogens is 465 g/mol. The lowest BCUT2D eigenvalue weighted by Gasteiger charge is -2.29. The topological polar surface area (TPSA) is 94.8 Å². The average molecular weight is 492 g/mol. The number of furan rings is 1. The third kappa shape index (κ3) is 5.86. The zero-order valence-corrected chi connectivity index (χ0v) is 19.6. The molecule has 0 bridgehead atoms. The molecule has 0 aliphatic heterocycles. The van der Waals surface area contributed by atoms with E-state index < -0.39 is 5.91 Å². The van der Waals surface area contributed by atoms with Crippen molar-refractivity contribution in [2.45, 2.75) is 32.1 Å². The molecule has 3 aromatic rings. The number of hydrogen-bond acceptors (Lipinski definition) is 5. The Hall–Kier alpha value is -2.58. The molecule has 2 amide bonds. The summed E-state index contributed by atoms with van der Waals surface area (Å²) in [6.45, 7) is 0.108. The van der Waals surface area contributed by atoms with Crippen LogP contribution in [0.2, 0.25) is 5.02 Å². The number of anilines is 2. The smallest absolute Gasteiger partial charge is 0.291 e. The van der Waals surface area contributed by atoms with E-state index >= 15 is 0 Å². The summed E-state index contributed by atoms with van der Waals surface area (Å²) in [7, 11) is 0. The fourth-order valence-electron chi connectivity index (χ4n) is 4.04. The SMILES string of the molecule is Cl.O=C(Nc1ccc(Cl)cc1)c1cc2cccc(N(NCCO)C(=O)C3CCCCC3)c2o1. The van der Waals surface area contributed by atoms with Gasteiger partial charge in [-0.2, -0.15) is 0 Å². The van der Waals surface area contributed by atoms with Crippen LogP contribution >= 0.6 is 24.0 Å². The number of fused-ring (bicyclic) bond motifs is 1. The highest BCUT2D eigenvalue weighted by Crippen LogP contribution is 2.32. The normalized spacial score (nSPS) is 14.0. The average Bonchev–Trinajstić information content (AvgIpc) is 3.26. The second-order valence-corrected chi connectivity index (χ2v) is 8.34. The maximum absolute atomic E-state index is 13.3. The van der Waals surface area contributed by atoms with Gasteiger partial charge >= 0.3 is 0 Å². The molecule has 0 atom stereocenters. The van der Waals surface area contributed by atoms with Crippen molar-refractivity contribution in [2.24, 2.45) is 5.92 Å². The van der Waals surface area contributed by atoms with Crippen LogP contribution in [-0.2, 0) is 4.79 Å².